The lowest BCUT2D eigenvalue weighted by atomic mass is 10.2. The van der Waals surface area contributed by atoms with Crippen LogP contribution in [0.15, 0.2) is 6.07 Å². The van der Waals surface area contributed by atoms with Crippen LogP contribution in [0.4, 0.5) is 0 Å². The lowest BCUT2D eigenvalue weighted by Crippen LogP contribution is -2.35. The maximum absolute atomic E-state index is 4.33. The minimum atomic E-state index is 0.663. The first-order chi connectivity index (χ1) is 8.04. The minimum absolute atomic E-state index is 0.663. The van der Waals surface area contributed by atoms with Crippen molar-refractivity contribution in [2.75, 3.05) is 20.1 Å². The second-order valence-corrected chi connectivity index (χ2v) is 4.82. The van der Waals surface area contributed by atoms with Crippen LogP contribution in [-0.4, -0.2) is 40.9 Å². The van der Waals surface area contributed by atoms with Gasteiger partial charge in [-0.1, -0.05) is 6.92 Å². The fourth-order valence-corrected chi connectivity index (χ4v) is 1.83. The molecular formula is C13H26N4. The Morgan fingerprint density at radius 2 is 2.24 bits per heavy atom. The van der Waals surface area contributed by atoms with Crippen LogP contribution in [0.1, 0.15) is 31.7 Å². The van der Waals surface area contributed by atoms with E-state index >= 15 is 0 Å². The van der Waals surface area contributed by atoms with Crippen LogP contribution in [0.2, 0.25) is 0 Å². The summed E-state index contributed by atoms with van der Waals surface area (Å²) in [5.74, 6) is 0. The number of nitrogens with one attached hydrogen (secondary N) is 1. The van der Waals surface area contributed by atoms with Crippen molar-refractivity contribution in [1.29, 1.82) is 0 Å². The number of aryl methyl sites for hydroxylation is 2. The largest absolute Gasteiger partial charge is 0.310 e. The van der Waals surface area contributed by atoms with E-state index in [-0.39, 0.29) is 0 Å². The summed E-state index contributed by atoms with van der Waals surface area (Å²) in [7, 11) is 4.18. The fourth-order valence-electron chi connectivity index (χ4n) is 1.83. The van der Waals surface area contributed by atoms with Crippen LogP contribution in [0.5, 0.6) is 0 Å². The molecule has 0 fully saturated rings. The maximum atomic E-state index is 4.33. The highest BCUT2D eigenvalue weighted by Crippen LogP contribution is 2.01. The quantitative estimate of drug-likeness (QED) is 0.732. The van der Waals surface area contributed by atoms with Crippen molar-refractivity contribution in [2.24, 2.45) is 7.05 Å². The molecule has 1 aromatic heterocycles. The molecule has 0 aliphatic carbocycles. The zero-order valence-electron chi connectivity index (χ0n) is 11.8. The van der Waals surface area contributed by atoms with Gasteiger partial charge in [0, 0.05) is 32.7 Å². The molecule has 1 N–H and O–H groups in total. The van der Waals surface area contributed by atoms with Crippen LogP contribution >= 0.6 is 0 Å². The van der Waals surface area contributed by atoms with Gasteiger partial charge in [0.05, 0.1) is 11.4 Å². The summed E-state index contributed by atoms with van der Waals surface area (Å²) in [5.41, 5.74) is 2.33. The Balaban J connectivity index is 2.22. The topological polar surface area (TPSA) is 33.1 Å². The first-order valence-electron chi connectivity index (χ1n) is 6.45. The van der Waals surface area contributed by atoms with Gasteiger partial charge < -0.3 is 10.2 Å². The Morgan fingerprint density at radius 3 is 2.76 bits per heavy atom. The maximum Gasteiger partial charge on any atom is 0.0597 e. The van der Waals surface area contributed by atoms with E-state index in [0.717, 1.165) is 25.3 Å². The molecule has 0 spiro atoms. The van der Waals surface area contributed by atoms with Gasteiger partial charge in [0.2, 0.25) is 0 Å². The molecule has 4 heteroatoms. The van der Waals surface area contributed by atoms with Crippen molar-refractivity contribution in [1.82, 2.24) is 20.0 Å². The smallest absolute Gasteiger partial charge is 0.0597 e. The predicted molar refractivity (Wildman–Crippen MR) is 72.0 cm³/mol. The van der Waals surface area contributed by atoms with Crippen molar-refractivity contribution >= 4 is 0 Å². The Hall–Kier alpha value is -0.870. The normalized spacial score (nSPS) is 13.3. The van der Waals surface area contributed by atoms with Gasteiger partial charge in [-0.15, -0.1) is 0 Å². The SMILES string of the molecule is CCC(C)N(C)CCNCc1cc(C)nn1C. The lowest BCUT2D eigenvalue weighted by Gasteiger charge is -2.23. The molecule has 17 heavy (non-hydrogen) atoms. The number of nitrogens with zero attached hydrogens (tertiary/aromatic N) is 3. The van der Waals surface area contributed by atoms with Gasteiger partial charge in [0.15, 0.2) is 0 Å². The molecule has 1 rings (SSSR count). The Bertz CT molecular complexity index is 332. The molecule has 0 aromatic carbocycles. The second kappa shape index (κ2) is 6.77. The van der Waals surface area contributed by atoms with Crippen molar-refractivity contribution in [3.8, 4) is 0 Å². The van der Waals surface area contributed by atoms with E-state index in [9.17, 15) is 0 Å². The van der Waals surface area contributed by atoms with E-state index < -0.39 is 0 Å². The molecule has 0 bridgehead atoms. The summed E-state index contributed by atoms with van der Waals surface area (Å²) in [5, 5.41) is 7.80. The molecule has 98 valence electrons. The van der Waals surface area contributed by atoms with E-state index in [1.165, 1.54) is 12.1 Å². The fraction of sp³-hybridized carbons (Fsp3) is 0.769. The van der Waals surface area contributed by atoms with E-state index in [1.807, 2.05) is 18.7 Å². The number of aromatic nitrogens is 2. The number of likely N-dealkylation sites (N-methyl/N-ethyl adjacent to an activating group) is 1. The van der Waals surface area contributed by atoms with Crippen LogP contribution in [0, 0.1) is 6.92 Å². The van der Waals surface area contributed by atoms with Crippen LogP contribution < -0.4 is 5.32 Å². The zero-order chi connectivity index (χ0) is 12.8. The van der Waals surface area contributed by atoms with Crippen molar-refractivity contribution in [2.45, 2.75) is 39.8 Å². The summed E-state index contributed by atoms with van der Waals surface area (Å²) < 4.78 is 1.95. The first-order valence-corrected chi connectivity index (χ1v) is 6.45. The van der Waals surface area contributed by atoms with Crippen LogP contribution in [-0.2, 0) is 13.6 Å². The molecule has 0 aliphatic heterocycles. The third kappa shape index (κ3) is 4.48. The Labute approximate surface area is 105 Å². The zero-order valence-corrected chi connectivity index (χ0v) is 11.8. The first kappa shape index (κ1) is 14.2. The molecule has 0 saturated heterocycles. The molecule has 1 unspecified atom stereocenters. The van der Waals surface area contributed by atoms with Gasteiger partial charge in [-0.2, -0.15) is 5.10 Å². The molecule has 1 aromatic rings. The minimum Gasteiger partial charge on any atom is -0.310 e. The van der Waals surface area contributed by atoms with Gasteiger partial charge in [0.25, 0.3) is 0 Å². The second-order valence-electron chi connectivity index (χ2n) is 4.82. The van der Waals surface area contributed by atoms with Gasteiger partial charge in [0.1, 0.15) is 0 Å². The Kier molecular flexibility index (Phi) is 5.65. The summed E-state index contributed by atoms with van der Waals surface area (Å²) in [6, 6.07) is 2.79. The third-order valence-corrected chi connectivity index (χ3v) is 3.39. The van der Waals surface area contributed by atoms with E-state index in [0.29, 0.717) is 6.04 Å². The summed E-state index contributed by atoms with van der Waals surface area (Å²) >= 11 is 0. The van der Waals surface area contributed by atoms with Crippen molar-refractivity contribution < 1.29 is 0 Å². The molecule has 0 saturated carbocycles. The highest BCUT2D eigenvalue weighted by Gasteiger charge is 2.06. The van der Waals surface area contributed by atoms with Crippen molar-refractivity contribution in [3.05, 3.63) is 17.5 Å². The average Bonchev–Trinajstić information content (AvgIpc) is 2.62. The summed E-state index contributed by atoms with van der Waals surface area (Å²) in [4.78, 5) is 2.39. The van der Waals surface area contributed by atoms with Crippen LogP contribution in [0.3, 0.4) is 0 Å². The molecule has 1 heterocycles. The summed E-state index contributed by atoms with van der Waals surface area (Å²) in [6.07, 6.45) is 1.21. The monoisotopic (exact) mass is 238 g/mol. The third-order valence-electron chi connectivity index (χ3n) is 3.39. The number of rotatable bonds is 7. The molecule has 0 aliphatic rings. The summed E-state index contributed by atoms with van der Waals surface area (Å²) in [6.45, 7) is 9.53. The molecular weight excluding hydrogens is 212 g/mol. The predicted octanol–water partition coefficient (Wildman–Crippen LogP) is 1.55. The van der Waals surface area contributed by atoms with Gasteiger partial charge in [-0.25, -0.2) is 0 Å². The standard InChI is InChI=1S/C13H26N4/c1-6-12(3)16(4)8-7-14-10-13-9-11(2)15-17(13)5/h9,12,14H,6-8,10H2,1-5H3. The van der Waals surface area contributed by atoms with Gasteiger partial charge in [-0.3, -0.25) is 4.68 Å². The van der Waals surface area contributed by atoms with Gasteiger partial charge in [-0.05, 0) is 33.4 Å². The molecule has 0 radical (unpaired) electrons. The highest BCUT2D eigenvalue weighted by atomic mass is 15.3. The molecule has 0 amide bonds. The van der Waals surface area contributed by atoms with Crippen LogP contribution in [0.25, 0.3) is 0 Å². The molecule has 4 nitrogen and oxygen atoms in total. The van der Waals surface area contributed by atoms with Crippen molar-refractivity contribution in [3.63, 3.8) is 0 Å². The highest BCUT2D eigenvalue weighted by molar-refractivity contribution is 5.08. The van der Waals surface area contributed by atoms with Gasteiger partial charge >= 0.3 is 0 Å². The number of hydrogen-bond donors (Lipinski definition) is 1. The van der Waals surface area contributed by atoms with E-state index in [2.05, 4.69) is 42.3 Å². The molecule has 1 atom stereocenters. The Morgan fingerprint density at radius 1 is 1.53 bits per heavy atom. The lowest BCUT2D eigenvalue weighted by molar-refractivity contribution is 0.251. The number of hydrogen-bond acceptors (Lipinski definition) is 3. The van der Waals surface area contributed by atoms with E-state index in [1.54, 1.807) is 0 Å². The average molecular weight is 238 g/mol. The van der Waals surface area contributed by atoms with E-state index in [4.69, 9.17) is 0 Å².